The molecular formula is C25H27N5O2. The van der Waals surface area contributed by atoms with E-state index in [4.69, 9.17) is 0 Å². The highest BCUT2D eigenvalue weighted by Gasteiger charge is 2.21. The van der Waals surface area contributed by atoms with Gasteiger partial charge in [0, 0.05) is 55.7 Å². The van der Waals surface area contributed by atoms with Crippen LogP contribution < -0.4 is 10.5 Å². The molecular weight excluding hydrogens is 402 g/mol. The number of rotatable bonds is 4. The molecule has 0 aliphatic carbocycles. The van der Waals surface area contributed by atoms with Crippen LogP contribution in [0.4, 0.5) is 5.69 Å². The monoisotopic (exact) mass is 429 g/mol. The van der Waals surface area contributed by atoms with Crippen LogP contribution in [0.15, 0.2) is 53.6 Å². The smallest absolute Gasteiger partial charge is 0.277 e. The Balaban J connectivity index is 1.25. The average Bonchev–Trinajstić information content (AvgIpc) is 3.17. The van der Waals surface area contributed by atoms with Crippen LogP contribution in [0.5, 0.6) is 0 Å². The molecule has 2 aromatic carbocycles. The summed E-state index contributed by atoms with van der Waals surface area (Å²) in [5.41, 5.74) is 5.50. The lowest BCUT2D eigenvalue weighted by Gasteiger charge is -2.36. The quantitative estimate of drug-likeness (QED) is 0.541. The average molecular weight is 430 g/mol. The molecule has 4 aromatic rings. The van der Waals surface area contributed by atoms with Crippen LogP contribution >= 0.6 is 0 Å². The molecule has 0 unspecified atom stereocenters. The van der Waals surface area contributed by atoms with Gasteiger partial charge in [-0.05, 0) is 43.7 Å². The molecule has 1 fully saturated rings. The van der Waals surface area contributed by atoms with E-state index in [1.807, 2.05) is 30.0 Å². The molecule has 0 radical (unpaired) electrons. The van der Waals surface area contributed by atoms with Crippen molar-refractivity contribution >= 4 is 33.5 Å². The van der Waals surface area contributed by atoms with Crippen molar-refractivity contribution in [3.05, 3.63) is 70.3 Å². The number of fused-ring (bicyclic) bond motifs is 3. The highest BCUT2D eigenvalue weighted by atomic mass is 16.2. The van der Waals surface area contributed by atoms with Crippen molar-refractivity contribution in [1.82, 2.24) is 19.4 Å². The van der Waals surface area contributed by atoms with E-state index >= 15 is 0 Å². The molecule has 2 aromatic heterocycles. The van der Waals surface area contributed by atoms with Crippen LogP contribution in [0.25, 0.3) is 21.9 Å². The van der Waals surface area contributed by atoms with Crippen LogP contribution in [0, 0.1) is 13.8 Å². The minimum atomic E-state index is -0.138. The Hall–Kier alpha value is -3.61. The van der Waals surface area contributed by atoms with Crippen molar-refractivity contribution in [3.8, 4) is 0 Å². The van der Waals surface area contributed by atoms with E-state index in [-0.39, 0.29) is 17.9 Å². The third-order valence-corrected chi connectivity index (χ3v) is 6.29. The lowest BCUT2D eigenvalue weighted by Crippen LogP contribution is -2.49. The molecule has 1 amide bonds. The standard InChI is InChI=1S/C25H27N5O2/c1-17-4-3-5-19(14-17)28-10-12-29(13-11-28)22(31)8-9-30-16-26-23-20-15-18(2)6-7-21(20)27-24(23)25(30)32/h3-7,14-16,27H,8-13H2,1-2H3. The van der Waals surface area contributed by atoms with Gasteiger partial charge in [0.2, 0.25) is 5.91 Å². The molecule has 3 heterocycles. The summed E-state index contributed by atoms with van der Waals surface area (Å²) in [5.74, 6) is 0.0770. The van der Waals surface area contributed by atoms with E-state index in [1.54, 1.807) is 6.33 Å². The number of hydrogen-bond donors (Lipinski definition) is 1. The normalized spacial score (nSPS) is 14.4. The number of amides is 1. The van der Waals surface area contributed by atoms with Gasteiger partial charge < -0.3 is 14.8 Å². The van der Waals surface area contributed by atoms with Crippen LogP contribution in [0.2, 0.25) is 0 Å². The first-order valence-corrected chi connectivity index (χ1v) is 11.1. The molecule has 7 heteroatoms. The first-order chi connectivity index (χ1) is 15.5. The predicted octanol–water partition coefficient (Wildman–Crippen LogP) is 3.23. The summed E-state index contributed by atoms with van der Waals surface area (Å²) >= 11 is 0. The number of aromatic nitrogens is 3. The van der Waals surface area contributed by atoms with Crippen molar-refractivity contribution in [3.63, 3.8) is 0 Å². The van der Waals surface area contributed by atoms with Crippen LogP contribution in [0.1, 0.15) is 17.5 Å². The molecule has 32 heavy (non-hydrogen) atoms. The molecule has 0 atom stereocenters. The van der Waals surface area contributed by atoms with Crippen LogP contribution in [0.3, 0.4) is 0 Å². The minimum absolute atomic E-state index is 0.0770. The maximum absolute atomic E-state index is 13.0. The van der Waals surface area contributed by atoms with Gasteiger partial charge in [0.1, 0.15) is 11.0 Å². The number of nitrogens with one attached hydrogen (secondary N) is 1. The minimum Gasteiger partial charge on any atom is -0.368 e. The van der Waals surface area contributed by atoms with Gasteiger partial charge in [-0.25, -0.2) is 4.98 Å². The Kier molecular flexibility index (Phi) is 5.17. The first-order valence-electron chi connectivity index (χ1n) is 11.1. The van der Waals surface area contributed by atoms with Crippen molar-refractivity contribution < 1.29 is 4.79 Å². The molecule has 1 aliphatic heterocycles. The first kappa shape index (κ1) is 20.3. The van der Waals surface area contributed by atoms with Gasteiger partial charge in [-0.3, -0.25) is 14.2 Å². The summed E-state index contributed by atoms with van der Waals surface area (Å²) in [6.07, 6.45) is 1.85. The predicted molar refractivity (Wildman–Crippen MR) is 127 cm³/mol. The van der Waals surface area contributed by atoms with E-state index < -0.39 is 0 Å². The molecule has 1 N–H and O–H groups in total. The van der Waals surface area contributed by atoms with Crippen molar-refractivity contribution in [1.29, 1.82) is 0 Å². The van der Waals surface area contributed by atoms with Crippen LogP contribution in [-0.4, -0.2) is 51.5 Å². The topological polar surface area (TPSA) is 74.2 Å². The van der Waals surface area contributed by atoms with Gasteiger partial charge in [-0.15, -0.1) is 0 Å². The maximum Gasteiger partial charge on any atom is 0.277 e. The molecule has 164 valence electrons. The molecule has 0 spiro atoms. The summed E-state index contributed by atoms with van der Waals surface area (Å²) in [6.45, 7) is 7.46. The number of piperazine rings is 1. The lowest BCUT2D eigenvalue weighted by atomic mass is 10.2. The van der Waals surface area contributed by atoms with Crippen molar-refractivity contribution in [2.75, 3.05) is 31.1 Å². The molecule has 5 rings (SSSR count). The zero-order valence-corrected chi connectivity index (χ0v) is 18.5. The molecule has 0 saturated carbocycles. The second-order valence-corrected chi connectivity index (χ2v) is 8.60. The number of H-pyrrole nitrogens is 1. The number of carbonyl (C=O) groups excluding carboxylic acids is 1. The Morgan fingerprint density at radius 2 is 1.81 bits per heavy atom. The zero-order chi connectivity index (χ0) is 22.2. The van der Waals surface area contributed by atoms with E-state index in [9.17, 15) is 9.59 Å². The third kappa shape index (κ3) is 3.75. The Bertz CT molecular complexity index is 1360. The fourth-order valence-electron chi connectivity index (χ4n) is 4.48. The zero-order valence-electron chi connectivity index (χ0n) is 18.5. The molecule has 1 saturated heterocycles. The number of aromatic amines is 1. The fourth-order valence-corrected chi connectivity index (χ4v) is 4.48. The number of hydrogen-bond acceptors (Lipinski definition) is 4. The van der Waals surface area contributed by atoms with Gasteiger partial charge in [-0.1, -0.05) is 23.8 Å². The molecule has 0 bridgehead atoms. The van der Waals surface area contributed by atoms with Gasteiger partial charge in [0.25, 0.3) is 5.56 Å². The molecule has 1 aliphatic rings. The van der Waals surface area contributed by atoms with Gasteiger partial charge in [0.05, 0.1) is 6.33 Å². The Morgan fingerprint density at radius 1 is 1.03 bits per heavy atom. The number of benzene rings is 2. The highest BCUT2D eigenvalue weighted by Crippen LogP contribution is 2.22. The van der Waals surface area contributed by atoms with Crippen molar-refractivity contribution in [2.45, 2.75) is 26.8 Å². The number of aryl methyl sites for hydroxylation is 3. The van der Waals surface area contributed by atoms with Crippen molar-refractivity contribution in [2.24, 2.45) is 0 Å². The third-order valence-electron chi connectivity index (χ3n) is 6.29. The van der Waals surface area contributed by atoms with E-state index in [2.05, 4.69) is 46.1 Å². The van der Waals surface area contributed by atoms with Gasteiger partial charge in [-0.2, -0.15) is 0 Å². The Labute approximate surface area is 186 Å². The number of anilines is 1. The number of carbonyl (C=O) groups is 1. The fraction of sp³-hybridized carbons (Fsp3) is 0.320. The van der Waals surface area contributed by atoms with E-state index in [1.165, 1.54) is 15.8 Å². The summed E-state index contributed by atoms with van der Waals surface area (Å²) in [5, 5.41) is 0.951. The highest BCUT2D eigenvalue weighted by molar-refractivity contribution is 6.04. The van der Waals surface area contributed by atoms with E-state index in [0.717, 1.165) is 29.6 Å². The summed E-state index contributed by atoms with van der Waals surface area (Å²) in [7, 11) is 0. The summed E-state index contributed by atoms with van der Waals surface area (Å²) < 4.78 is 1.53. The van der Waals surface area contributed by atoms with Crippen LogP contribution in [-0.2, 0) is 11.3 Å². The number of nitrogens with zero attached hydrogens (tertiary/aromatic N) is 4. The maximum atomic E-state index is 13.0. The largest absolute Gasteiger partial charge is 0.368 e. The lowest BCUT2D eigenvalue weighted by molar-refractivity contribution is -0.131. The van der Waals surface area contributed by atoms with Gasteiger partial charge >= 0.3 is 0 Å². The summed E-state index contributed by atoms with van der Waals surface area (Å²) in [4.78, 5) is 37.7. The second kappa shape index (κ2) is 8.15. The van der Waals surface area contributed by atoms with E-state index in [0.29, 0.717) is 30.7 Å². The Morgan fingerprint density at radius 3 is 2.59 bits per heavy atom. The SMILES string of the molecule is Cc1cccc(N2CCN(C(=O)CCn3cnc4c([nH]c5ccc(C)cc54)c3=O)CC2)c1. The summed E-state index contributed by atoms with van der Waals surface area (Å²) in [6, 6.07) is 14.5. The molecule has 7 nitrogen and oxygen atoms in total. The second-order valence-electron chi connectivity index (χ2n) is 8.60. The van der Waals surface area contributed by atoms with Gasteiger partial charge in [0.15, 0.2) is 0 Å².